The molecule has 0 aromatic heterocycles. The number of nitrogens with one attached hydrogen (secondary N) is 1. The number of benzene rings is 2. The second-order valence-electron chi connectivity index (χ2n) is 5.96. The van der Waals surface area contributed by atoms with Gasteiger partial charge in [0.05, 0.1) is 9.82 Å². The van der Waals surface area contributed by atoms with Crippen LogP contribution in [0.3, 0.4) is 0 Å². The Morgan fingerprint density at radius 1 is 1.18 bits per heavy atom. The topological polar surface area (TPSA) is 133 Å². The molecule has 148 valence electrons. The zero-order chi connectivity index (χ0) is 20.9. The summed E-state index contributed by atoms with van der Waals surface area (Å²) in [6.45, 7) is 2.32. The number of nitro groups is 1. The van der Waals surface area contributed by atoms with Crippen molar-refractivity contribution in [3.63, 3.8) is 0 Å². The van der Waals surface area contributed by atoms with Gasteiger partial charge < -0.3 is 10.1 Å². The van der Waals surface area contributed by atoms with Gasteiger partial charge in [0.15, 0.2) is 21.7 Å². The van der Waals surface area contributed by atoms with E-state index in [2.05, 4.69) is 5.32 Å². The first-order valence-electron chi connectivity index (χ1n) is 8.13. The Balaban J connectivity index is 1.98. The van der Waals surface area contributed by atoms with Crippen LogP contribution >= 0.6 is 0 Å². The van der Waals surface area contributed by atoms with E-state index in [1.165, 1.54) is 0 Å². The molecule has 0 radical (unpaired) electrons. The van der Waals surface area contributed by atoms with Crippen LogP contribution in [-0.2, 0) is 24.2 Å². The van der Waals surface area contributed by atoms with Crippen molar-refractivity contribution in [2.75, 3.05) is 11.9 Å². The molecule has 0 aliphatic carbocycles. The van der Waals surface area contributed by atoms with Gasteiger partial charge in [-0.3, -0.25) is 19.7 Å². The molecular formula is C18H18N2O7S. The fraction of sp³-hybridized carbons (Fsp3) is 0.222. The predicted molar refractivity (Wildman–Crippen MR) is 101 cm³/mol. The molecule has 1 N–H and O–H groups in total. The molecule has 0 aliphatic rings. The minimum absolute atomic E-state index is 0.258. The van der Waals surface area contributed by atoms with Crippen molar-refractivity contribution in [3.8, 4) is 0 Å². The van der Waals surface area contributed by atoms with E-state index in [0.717, 1.165) is 36.8 Å². The van der Waals surface area contributed by atoms with E-state index in [1.54, 1.807) is 18.2 Å². The second kappa shape index (κ2) is 8.61. The van der Waals surface area contributed by atoms with Crippen molar-refractivity contribution in [1.29, 1.82) is 0 Å². The van der Waals surface area contributed by atoms with Gasteiger partial charge in [-0.15, -0.1) is 0 Å². The van der Waals surface area contributed by atoms with E-state index >= 15 is 0 Å². The molecule has 2 rings (SSSR count). The summed E-state index contributed by atoms with van der Waals surface area (Å²) in [4.78, 5) is 33.7. The highest BCUT2D eigenvalue weighted by Gasteiger charge is 2.31. The Hall–Kier alpha value is -3.27. The van der Waals surface area contributed by atoms with E-state index in [-0.39, 0.29) is 10.6 Å². The molecule has 1 amide bonds. The number of esters is 1. The highest BCUT2D eigenvalue weighted by molar-refractivity contribution is 7.92. The third kappa shape index (κ3) is 5.13. The zero-order valence-corrected chi connectivity index (χ0v) is 15.9. The van der Waals surface area contributed by atoms with Crippen LogP contribution < -0.4 is 5.32 Å². The van der Waals surface area contributed by atoms with Crippen molar-refractivity contribution in [2.45, 2.75) is 24.0 Å². The van der Waals surface area contributed by atoms with Gasteiger partial charge in [-0.2, -0.15) is 0 Å². The summed E-state index contributed by atoms with van der Waals surface area (Å²) in [5, 5.41) is 11.6. The second-order valence-corrected chi connectivity index (χ2v) is 8.23. The van der Waals surface area contributed by atoms with Crippen molar-refractivity contribution >= 4 is 33.1 Å². The van der Waals surface area contributed by atoms with Gasteiger partial charge in [0.25, 0.3) is 11.6 Å². The van der Waals surface area contributed by atoms with Crippen molar-refractivity contribution in [3.05, 3.63) is 64.2 Å². The van der Waals surface area contributed by atoms with Crippen LogP contribution in [0.15, 0.2) is 53.4 Å². The lowest BCUT2D eigenvalue weighted by atomic mass is 10.2. The van der Waals surface area contributed by atoms with Gasteiger partial charge >= 0.3 is 5.97 Å². The summed E-state index contributed by atoms with van der Waals surface area (Å²) >= 11 is 0. The largest absolute Gasteiger partial charge is 0.455 e. The van der Waals surface area contributed by atoms with Gasteiger partial charge in [-0.25, -0.2) is 8.42 Å². The molecule has 0 fully saturated rings. The lowest BCUT2D eigenvalue weighted by molar-refractivity contribution is -0.384. The zero-order valence-electron chi connectivity index (χ0n) is 15.1. The number of nitro benzene ring substituents is 1. The highest BCUT2D eigenvalue weighted by Crippen LogP contribution is 2.20. The Bertz CT molecular complexity index is 1000. The van der Waals surface area contributed by atoms with Crippen LogP contribution in [0.2, 0.25) is 0 Å². The summed E-state index contributed by atoms with van der Waals surface area (Å²) < 4.78 is 29.7. The molecule has 0 spiro atoms. The van der Waals surface area contributed by atoms with E-state index in [0.29, 0.717) is 5.69 Å². The molecule has 10 heteroatoms. The monoisotopic (exact) mass is 406 g/mol. The number of non-ortho nitro benzene ring substituents is 1. The van der Waals surface area contributed by atoms with Crippen LogP contribution in [0.1, 0.15) is 12.5 Å². The van der Waals surface area contributed by atoms with E-state index in [1.807, 2.05) is 13.0 Å². The molecule has 0 bridgehead atoms. The third-order valence-electron chi connectivity index (χ3n) is 3.82. The maximum absolute atomic E-state index is 12.5. The van der Waals surface area contributed by atoms with Crippen LogP contribution in [0, 0.1) is 17.0 Å². The number of hydrogen-bond donors (Lipinski definition) is 1. The number of aryl methyl sites for hydroxylation is 1. The lowest BCUT2D eigenvalue weighted by Gasteiger charge is -2.13. The average molecular weight is 406 g/mol. The Kier molecular flexibility index (Phi) is 6.47. The summed E-state index contributed by atoms with van der Waals surface area (Å²) in [6, 6.07) is 11.1. The van der Waals surface area contributed by atoms with Crippen LogP contribution in [0.4, 0.5) is 11.4 Å². The van der Waals surface area contributed by atoms with E-state index in [9.17, 15) is 28.1 Å². The molecular weight excluding hydrogens is 388 g/mol. The number of sulfone groups is 1. The number of carbonyl (C=O) groups is 2. The normalized spacial score (nSPS) is 12.1. The van der Waals surface area contributed by atoms with E-state index in [4.69, 9.17) is 4.74 Å². The molecule has 0 heterocycles. The fourth-order valence-corrected chi connectivity index (χ4v) is 3.51. The van der Waals surface area contributed by atoms with Crippen LogP contribution in [0.5, 0.6) is 0 Å². The number of anilines is 1. The fourth-order valence-electron chi connectivity index (χ4n) is 2.26. The maximum atomic E-state index is 12.5. The highest BCUT2D eigenvalue weighted by atomic mass is 32.2. The number of rotatable bonds is 7. The van der Waals surface area contributed by atoms with Gasteiger partial charge in [0.2, 0.25) is 0 Å². The van der Waals surface area contributed by atoms with Gasteiger partial charge in [-0.1, -0.05) is 12.1 Å². The molecule has 0 saturated heterocycles. The van der Waals surface area contributed by atoms with Gasteiger partial charge in [0.1, 0.15) is 0 Å². The summed E-state index contributed by atoms with van der Waals surface area (Å²) in [5.41, 5.74) is 1.17. The number of amides is 1. The SMILES string of the molecule is Cc1cccc(NC(=O)COC(=O)[C@@H](C)S(=O)(=O)c2ccc([N+](=O)[O-])cc2)c1. The summed E-state index contributed by atoms with van der Waals surface area (Å²) in [5.74, 6) is -1.71. The summed E-state index contributed by atoms with van der Waals surface area (Å²) in [7, 11) is -4.12. The van der Waals surface area contributed by atoms with Crippen molar-refractivity contribution < 1.29 is 27.7 Å². The molecule has 0 aliphatic heterocycles. The van der Waals surface area contributed by atoms with E-state index < -0.39 is 38.5 Å². The number of carbonyl (C=O) groups excluding carboxylic acids is 2. The first kappa shape index (κ1) is 21.0. The molecule has 9 nitrogen and oxygen atoms in total. The van der Waals surface area contributed by atoms with Gasteiger partial charge in [-0.05, 0) is 43.7 Å². The lowest BCUT2D eigenvalue weighted by Crippen LogP contribution is -2.31. The number of ether oxygens (including phenoxy) is 1. The minimum atomic E-state index is -4.12. The quantitative estimate of drug-likeness (QED) is 0.423. The maximum Gasteiger partial charge on any atom is 0.324 e. The minimum Gasteiger partial charge on any atom is -0.455 e. The number of nitrogens with zero attached hydrogens (tertiary/aromatic N) is 1. The standard InChI is InChI=1S/C18H18N2O7S/c1-12-4-3-5-14(10-12)19-17(21)11-27-18(22)13(2)28(25,26)16-8-6-15(7-9-16)20(23)24/h3-10,13H,11H2,1-2H3,(H,19,21)/t13-/m1/s1. The smallest absolute Gasteiger partial charge is 0.324 e. The Morgan fingerprint density at radius 2 is 1.82 bits per heavy atom. The average Bonchev–Trinajstić information content (AvgIpc) is 2.65. The Morgan fingerprint density at radius 3 is 2.39 bits per heavy atom. The molecule has 2 aromatic carbocycles. The summed E-state index contributed by atoms with van der Waals surface area (Å²) in [6.07, 6.45) is 0. The van der Waals surface area contributed by atoms with Crippen LogP contribution in [0.25, 0.3) is 0 Å². The molecule has 2 aromatic rings. The molecule has 0 saturated carbocycles. The molecule has 1 atom stereocenters. The first-order chi connectivity index (χ1) is 13.1. The molecule has 28 heavy (non-hydrogen) atoms. The number of hydrogen-bond acceptors (Lipinski definition) is 7. The van der Waals surface area contributed by atoms with Crippen LogP contribution in [-0.4, -0.2) is 37.1 Å². The molecule has 0 unspecified atom stereocenters. The van der Waals surface area contributed by atoms with Crippen molar-refractivity contribution in [1.82, 2.24) is 0 Å². The first-order valence-corrected chi connectivity index (χ1v) is 9.67. The predicted octanol–water partition coefficient (Wildman–Crippen LogP) is 2.25. The third-order valence-corrected chi connectivity index (χ3v) is 5.87. The Labute approximate surface area is 161 Å². The van der Waals surface area contributed by atoms with Crippen molar-refractivity contribution in [2.24, 2.45) is 0 Å². The van der Waals surface area contributed by atoms with Gasteiger partial charge in [0, 0.05) is 17.8 Å².